The van der Waals surface area contributed by atoms with Crippen LogP contribution < -0.4 is 0 Å². The van der Waals surface area contributed by atoms with E-state index >= 15 is 0 Å². The van der Waals surface area contributed by atoms with Gasteiger partial charge in [0.1, 0.15) is 0 Å². The molecule has 1 rings (SSSR count). The molecule has 1 aliphatic rings. The van der Waals surface area contributed by atoms with Gasteiger partial charge in [0.25, 0.3) is 0 Å². The molecule has 0 atom stereocenters. The number of nitrogens with zero attached hydrogens (tertiary/aromatic N) is 1. The zero-order valence-corrected chi connectivity index (χ0v) is 8.73. The number of carbonyl (C=O) groups is 2. The van der Waals surface area contributed by atoms with Crippen molar-refractivity contribution in [1.82, 2.24) is 4.90 Å². The lowest BCUT2D eigenvalue weighted by Crippen LogP contribution is -2.30. The number of hydrogen-bond donors (Lipinski definition) is 0. The minimum atomic E-state index is 0.00602. The van der Waals surface area contributed by atoms with Gasteiger partial charge in [0.2, 0.25) is 11.8 Å². The van der Waals surface area contributed by atoms with Crippen LogP contribution in [0.2, 0.25) is 0 Å². The maximum atomic E-state index is 11.1. The molecule has 2 amide bonds. The van der Waals surface area contributed by atoms with E-state index in [0.717, 1.165) is 17.9 Å². The van der Waals surface area contributed by atoms with E-state index in [0.29, 0.717) is 19.4 Å². The molecule has 1 fully saturated rings. The fourth-order valence-corrected chi connectivity index (χ4v) is 1.96. The Morgan fingerprint density at radius 3 is 2.46 bits per heavy atom. The highest BCUT2D eigenvalue weighted by molar-refractivity contribution is 7.99. The van der Waals surface area contributed by atoms with Gasteiger partial charge >= 0.3 is 0 Å². The minimum Gasteiger partial charge on any atom is -0.283 e. The fourth-order valence-electron chi connectivity index (χ4n) is 1.34. The van der Waals surface area contributed by atoms with Crippen molar-refractivity contribution in [3.8, 4) is 0 Å². The van der Waals surface area contributed by atoms with Gasteiger partial charge < -0.3 is 0 Å². The summed E-state index contributed by atoms with van der Waals surface area (Å²) in [4.78, 5) is 23.7. The third kappa shape index (κ3) is 3.03. The highest BCUT2D eigenvalue weighted by Crippen LogP contribution is 2.12. The Balaban J connectivity index is 2.20. The minimum absolute atomic E-state index is 0.00602. The first-order chi connectivity index (χ1) is 6.25. The topological polar surface area (TPSA) is 37.4 Å². The second kappa shape index (κ2) is 5.27. The molecule has 0 N–H and O–H groups in total. The van der Waals surface area contributed by atoms with Crippen LogP contribution in [-0.2, 0) is 9.59 Å². The maximum Gasteiger partial charge on any atom is 0.229 e. The van der Waals surface area contributed by atoms with E-state index in [1.165, 1.54) is 4.90 Å². The molecule has 0 bridgehead atoms. The van der Waals surface area contributed by atoms with Gasteiger partial charge in [-0.25, -0.2) is 0 Å². The molecule has 13 heavy (non-hydrogen) atoms. The van der Waals surface area contributed by atoms with E-state index in [4.69, 9.17) is 0 Å². The Morgan fingerprint density at radius 1 is 1.31 bits per heavy atom. The monoisotopic (exact) mass is 201 g/mol. The first kappa shape index (κ1) is 10.6. The molecule has 1 aliphatic heterocycles. The van der Waals surface area contributed by atoms with Gasteiger partial charge in [-0.1, -0.05) is 6.92 Å². The Morgan fingerprint density at radius 2 is 1.92 bits per heavy atom. The molecule has 0 aromatic carbocycles. The van der Waals surface area contributed by atoms with Crippen LogP contribution >= 0.6 is 11.8 Å². The van der Waals surface area contributed by atoms with Crippen LogP contribution in [0.3, 0.4) is 0 Å². The zero-order valence-electron chi connectivity index (χ0n) is 7.91. The summed E-state index contributed by atoms with van der Waals surface area (Å²) < 4.78 is 0. The highest BCUT2D eigenvalue weighted by atomic mass is 32.2. The molecule has 0 aliphatic carbocycles. The van der Waals surface area contributed by atoms with Crippen molar-refractivity contribution in [3.63, 3.8) is 0 Å². The molecule has 1 saturated heterocycles. The SMILES string of the molecule is CCSCCCN1C(=O)CCC1=O. The Hall–Kier alpha value is -0.510. The summed E-state index contributed by atoms with van der Waals surface area (Å²) in [5.41, 5.74) is 0. The molecule has 4 heteroatoms. The van der Waals surface area contributed by atoms with Gasteiger partial charge in [-0.15, -0.1) is 0 Å². The van der Waals surface area contributed by atoms with Crippen LogP contribution in [-0.4, -0.2) is 34.8 Å². The average Bonchev–Trinajstić information content (AvgIpc) is 2.42. The van der Waals surface area contributed by atoms with Crippen LogP contribution in [0.5, 0.6) is 0 Å². The van der Waals surface area contributed by atoms with Gasteiger partial charge in [-0.3, -0.25) is 14.5 Å². The van der Waals surface area contributed by atoms with Crippen LogP contribution in [0, 0.1) is 0 Å². The third-order valence-electron chi connectivity index (χ3n) is 2.03. The van der Waals surface area contributed by atoms with E-state index < -0.39 is 0 Å². The number of thioether (sulfide) groups is 1. The van der Waals surface area contributed by atoms with E-state index in [1.807, 2.05) is 11.8 Å². The van der Waals surface area contributed by atoms with Crippen molar-refractivity contribution in [2.24, 2.45) is 0 Å². The van der Waals surface area contributed by atoms with Crippen molar-refractivity contribution >= 4 is 23.6 Å². The summed E-state index contributed by atoms with van der Waals surface area (Å²) in [6.07, 6.45) is 1.76. The Labute approximate surface area is 82.9 Å². The van der Waals surface area contributed by atoms with Crippen LogP contribution in [0.25, 0.3) is 0 Å². The molecule has 0 aromatic rings. The maximum absolute atomic E-state index is 11.1. The first-order valence-electron chi connectivity index (χ1n) is 4.66. The number of hydrogen-bond acceptors (Lipinski definition) is 3. The van der Waals surface area contributed by atoms with Gasteiger partial charge in [0.05, 0.1) is 0 Å². The normalized spacial score (nSPS) is 17.2. The predicted molar refractivity (Wildman–Crippen MR) is 53.6 cm³/mol. The highest BCUT2D eigenvalue weighted by Gasteiger charge is 2.27. The second-order valence-electron chi connectivity index (χ2n) is 2.99. The Bertz CT molecular complexity index is 190. The summed E-state index contributed by atoms with van der Waals surface area (Å²) in [5.74, 6) is 2.15. The summed E-state index contributed by atoms with van der Waals surface area (Å²) in [6, 6.07) is 0. The van der Waals surface area contributed by atoms with E-state index in [2.05, 4.69) is 6.92 Å². The number of amides is 2. The largest absolute Gasteiger partial charge is 0.283 e. The van der Waals surface area contributed by atoms with Crippen LogP contribution in [0.1, 0.15) is 26.2 Å². The lowest BCUT2D eigenvalue weighted by molar-refractivity contribution is -0.138. The van der Waals surface area contributed by atoms with Crippen molar-refractivity contribution in [2.75, 3.05) is 18.1 Å². The van der Waals surface area contributed by atoms with Crippen LogP contribution in [0.4, 0.5) is 0 Å². The number of carbonyl (C=O) groups excluding carboxylic acids is 2. The van der Waals surface area contributed by atoms with E-state index in [-0.39, 0.29) is 11.8 Å². The van der Waals surface area contributed by atoms with Gasteiger partial charge in [0, 0.05) is 19.4 Å². The van der Waals surface area contributed by atoms with Crippen molar-refractivity contribution in [1.29, 1.82) is 0 Å². The second-order valence-corrected chi connectivity index (χ2v) is 4.38. The number of rotatable bonds is 5. The molecule has 0 saturated carbocycles. The molecule has 0 aromatic heterocycles. The summed E-state index contributed by atoms with van der Waals surface area (Å²) in [6.45, 7) is 2.72. The van der Waals surface area contributed by atoms with Gasteiger partial charge in [-0.2, -0.15) is 11.8 Å². The summed E-state index contributed by atoms with van der Waals surface area (Å²) >= 11 is 1.84. The van der Waals surface area contributed by atoms with E-state index in [1.54, 1.807) is 0 Å². The van der Waals surface area contributed by atoms with Gasteiger partial charge in [0.15, 0.2) is 0 Å². The molecular formula is C9H15NO2S. The fraction of sp³-hybridized carbons (Fsp3) is 0.778. The molecule has 74 valence electrons. The molecule has 3 nitrogen and oxygen atoms in total. The predicted octanol–water partition coefficient (Wildman–Crippen LogP) is 1.28. The third-order valence-corrected chi connectivity index (χ3v) is 3.01. The standard InChI is InChI=1S/C9H15NO2S/c1-2-13-7-3-6-10-8(11)4-5-9(10)12/h2-7H2,1H3. The zero-order chi connectivity index (χ0) is 9.68. The summed E-state index contributed by atoms with van der Waals surface area (Å²) in [5, 5.41) is 0. The Kier molecular flexibility index (Phi) is 4.28. The number of likely N-dealkylation sites (tertiary alicyclic amines) is 1. The first-order valence-corrected chi connectivity index (χ1v) is 5.82. The van der Waals surface area contributed by atoms with Crippen LogP contribution in [0.15, 0.2) is 0 Å². The number of imide groups is 1. The van der Waals surface area contributed by atoms with Crippen molar-refractivity contribution in [2.45, 2.75) is 26.2 Å². The molecule has 0 radical (unpaired) electrons. The average molecular weight is 201 g/mol. The quantitative estimate of drug-likeness (QED) is 0.496. The van der Waals surface area contributed by atoms with E-state index in [9.17, 15) is 9.59 Å². The lowest BCUT2D eigenvalue weighted by Gasteiger charge is -2.12. The molecule has 0 unspecified atom stereocenters. The molecule has 1 heterocycles. The van der Waals surface area contributed by atoms with Gasteiger partial charge in [-0.05, 0) is 17.9 Å². The smallest absolute Gasteiger partial charge is 0.229 e. The van der Waals surface area contributed by atoms with Crippen molar-refractivity contribution < 1.29 is 9.59 Å². The molecular weight excluding hydrogens is 186 g/mol. The lowest BCUT2D eigenvalue weighted by atomic mass is 10.4. The molecule has 0 spiro atoms. The van der Waals surface area contributed by atoms with Crippen molar-refractivity contribution in [3.05, 3.63) is 0 Å². The summed E-state index contributed by atoms with van der Waals surface area (Å²) in [7, 11) is 0.